The minimum atomic E-state index is -0.139. The molecule has 0 aliphatic carbocycles. The van der Waals surface area contributed by atoms with Crippen LogP contribution in [0.1, 0.15) is 18.2 Å². The quantitative estimate of drug-likeness (QED) is 0.913. The summed E-state index contributed by atoms with van der Waals surface area (Å²) in [4.78, 5) is 12.2. The number of carbonyl (C=O) groups excluding carboxylic acids is 1. The maximum absolute atomic E-state index is 12.2. The minimum Gasteiger partial charge on any atom is -0.322 e. The summed E-state index contributed by atoms with van der Waals surface area (Å²) in [5, 5.41) is 7.70. The van der Waals surface area contributed by atoms with E-state index in [1.54, 1.807) is 16.4 Å². The lowest BCUT2D eigenvalue weighted by atomic mass is 10.2. The molecule has 2 rings (SSSR count). The van der Waals surface area contributed by atoms with Crippen molar-refractivity contribution in [3.63, 3.8) is 0 Å². The highest BCUT2D eigenvalue weighted by molar-refractivity contribution is 7.99. The van der Waals surface area contributed by atoms with Gasteiger partial charge in [0.1, 0.15) is 0 Å². The molecule has 1 atom stereocenters. The molecule has 4 nitrogen and oxygen atoms in total. The summed E-state index contributed by atoms with van der Waals surface area (Å²) in [6.45, 7) is 3.78. The Bertz CT molecular complexity index is 624. The molecule has 21 heavy (non-hydrogen) atoms. The average molecular weight is 324 g/mol. The highest BCUT2D eigenvalue weighted by Gasteiger charge is 2.15. The van der Waals surface area contributed by atoms with Crippen LogP contribution in [0.25, 0.3) is 0 Å². The fourth-order valence-corrected chi connectivity index (χ4v) is 2.81. The van der Waals surface area contributed by atoms with Crippen LogP contribution in [0.4, 0.5) is 5.69 Å². The third-order valence-electron chi connectivity index (χ3n) is 3.05. The smallest absolute Gasteiger partial charge is 0.237 e. The summed E-state index contributed by atoms with van der Waals surface area (Å²) >= 11 is 7.45. The molecule has 0 aliphatic heterocycles. The van der Waals surface area contributed by atoms with Gasteiger partial charge in [-0.25, -0.2) is 0 Å². The molecule has 1 amide bonds. The van der Waals surface area contributed by atoms with Crippen molar-refractivity contribution in [1.82, 2.24) is 9.78 Å². The Morgan fingerprint density at radius 3 is 2.67 bits per heavy atom. The summed E-state index contributed by atoms with van der Waals surface area (Å²) in [5.41, 5.74) is 2.74. The number of halogens is 1. The molecule has 1 N–H and O–H groups in total. The van der Waals surface area contributed by atoms with Crippen molar-refractivity contribution in [2.75, 3.05) is 5.32 Å². The van der Waals surface area contributed by atoms with Crippen molar-refractivity contribution in [2.45, 2.75) is 24.9 Å². The van der Waals surface area contributed by atoms with Gasteiger partial charge in [0.05, 0.1) is 16.6 Å². The molecule has 0 radical (unpaired) electrons. The van der Waals surface area contributed by atoms with Gasteiger partial charge in [-0.1, -0.05) is 23.7 Å². The van der Waals surface area contributed by atoms with Crippen molar-refractivity contribution in [1.29, 1.82) is 0 Å². The number of amides is 1. The van der Waals surface area contributed by atoms with Crippen LogP contribution < -0.4 is 5.32 Å². The highest BCUT2D eigenvalue weighted by atomic mass is 35.5. The average Bonchev–Trinajstić information content (AvgIpc) is 2.75. The third kappa shape index (κ3) is 4.51. The van der Waals surface area contributed by atoms with Crippen LogP contribution in [0, 0.1) is 6.92 Å². The van der Waals surface area contributed by atoms with E-state index in [-0.39, 0.29) is 11.2 Å². The molecule has 0 bridgehead atoms. The Kier molecular flexibility index (Phi) is 5.31. The molecular formula is C15H18ClN3OS. The van der Waals surface area contributed by atoms with E-state index < -0.39 is 0 Å². The summed E-state index contributed by atoms with van der Waals surface area (Å²) in [7, 11) is 1.83. The minimum absolute atomic E-state index is 0.00920. The van der Waals surface area contributed by atoms with Gasteiger partial charge in [-0.05, 0) is 31.5 Å². The lowest BCUT2D eigenvalue weighted by Gasteiger charge is -2.11. The molecule has 1 unspecified atom stereocenters. The molecule has 0 saturated heterocycles. The second-order valence-electron chi connectivity index (χ2n) is 4.87. The lowest BCUT2D eigenvalue weighted by molar-refractivity contribution is -0.115. The number of aromatic nitrogens is 2. The van der Waals surface area contributed by atoms with E-state index in [1.807, 2.05) is 51.4 Å². The van der Waals surface area contributed by atoms with Gasteiger partial charge < -0.3 is 5.32 Å². The van der Waals surface area contributed by atoms with Gasteiger partial charge >= 0.3 is 0 Å². The van der Waals surface area contributed by atoms with Crippen LogP contribution in [0.15, 0.2) is 30.5 Å². The first kappa shape index (κ1) is 15.9. The maximum atomic E-state index is 12.2. The molecule has 1 heterocycles. The third-order valence-corrected chi connectivity index (χ3v) is 4.52. The Hall–Kier alpha value is -1.46. The topological polar surface area (TPSA) is 46.9 Å². The fraction of sp³-hybridized carbons (Fsp3) is 0.333. The van der Waals surface area contributed by atoms with E-state index >= 15 is 0 Å². The first-order valence-electron chi connectivity index (χ1n) is 6.63. The Labute approximate surface area is 133 Å². The molecule has 112 valence electrons. The normalized spacial score (nSPS) is 12.2. The number of hydrogen-bond donors (Lipinski definition) is 1. The Balaban J connectivity index is 1.87. The fourth-order valence-electron chi connectivity index (χ4n) is 1.83. The summed E-state index contributed by atoms with van der Waals surface area (Å²) in [6, 6.07) is 7.68. The molecule has 1 aromatic carbocycles. The van der Waals surface area contributed by atoms with Crippen LogP contribution >= 0.6 is 23.4 Å². The van der Waals surface area contributed by atoms with Gasteiger partial charge in [0.2, 0.25) is 5.91 Å². The van der Waals surface area contributed by atoms with E-state index in [2.05, 4.69) is 10.4 Å². The van der Waals surface area contributed by atoms with Crippen molar-refractivity contribution < 1.29 is 4.79 Å². The molecule has 0 aliphatic rings. The molecule has 1 aromatic heterocycles. The standard InChI is InChI=1S/C15H18ClN3OS/c1-10-14(8-19(3)18-10)17-15(20)11(2)21-9-12-4-6-13(16)7-5-12/h4-8,11H,9H2,1-3H3,(H,17,20). The van der Waals surface area contributed by atoms with Crippen LogP contribution in [-0.4, -0.2) is 20.9 Å². The van der Waals surface area contributed by atoms with Crippen LogP contribution in [-0.2, 0) is 17.6 Å². The number of thioether (sulfide) groups is 1. The number of benzene rings is 1. The molecule has 0 spiro atoms. The van der Waals surface area contributed by atoms with Gasteiger partial charge in [-0.3, -0.25) is 9.48 Å². The number of anilines is 1. The number of aryl methyl sites for hydroxylation is 2. The number of rotatable bonds is 5. The predicted molar refractivity (Wildman–Crippen MR) is 88.8 cm³/mol. The van der Waals surface area contributed by atoms with Crippen molar-refractivity contribution in [2.24, 2.45) is 7.05 Å². The van der Waals surface area contributed by atoms with E-state index in [9.17, 15) is 4.79 Å². The largest absolute Gasteiger partial charge is 0.322 e. The first-order chi connectivity index (χ1) is 9.95. The van der Waals surface area contributed by atoms with Crippen molar-refractivity contribution >= 4 is 35.0 Å². The zero-order chi connectivity index (χ0) is 15.4. The van der Waals surface area contributed by atoms with Crippen molar-refractivity contribution in [3.05, 3.63) is 46.7 Å². The second-order valence-corrected chi connectivity index (χ2v) is 6.64. The predicted octanol–water partition coefficient (Wildman–Crippen LogP) is 3.64. The number of carbonyl (C=O) groups is 1. The van der Waals surface area contributed by atoms with E-state index in [0.717, 1.165) is 27.7 Å². The molecular weight excluding hydrogens is 306 g/mol. The first-order valence-corrected chi connectivity index (χ1v) is 8.05. The summed E-state index contributed by atoms with van der Waals surface area (Å²) in [5.74, 6) is 0.766. The van der Waals surface area contributed by atoms with Gasteiger partial charge in [-0.2, -0.15) is 5.10 Å². The molecule has 0 saturated carbocycles. The summed E-state index contributed by atoms with van der Waals surface area (Å²) < 4.78 is 1.69. The number of nitrogens with zero attached hydrogens (tertiary/aromatic N) is 2. The monoisotopic (exact) mass is 323 g/mol. The van der Waals surface area contributed by atoms with E-state index in [4.69, 9.17) is 11.6 Å². The van der Waals surface area contributed by atoms with Gasteiger partial charge in [0.15, 0.2) is 0 Å². The zero-order valence-electron chi connectivity index (χ0n) is 12.3. The second kappa shape index (κ2) is 7.00. The van der Waals surface area contributed by atoms with Crippen LogP contribution in [0.3, 0.4) is 0 Å². The van der Waals surface area contributed by atoms with Crippen LogP contribution in [0.5, 0.6) is 0 Å². The highest BCUT2D eigenvalue weighted by Crippen LogP contribution is 2.21. The summed E-state index contributed by atoms with van der Waals surface area (Å²) in [6.07, 6.45) is 1.81. The van der Waals surface area contributed by atoms with Crippen LogP contribution in [0.2, 0.25) is 5.02 Å². The molecule has 6 heteroatoms. The molecule has 0 fully saturated rings. The maximum Gasteiger partial charge on any atom is 0.237 e. The van der Waals surface area contributed by atoms with E-state index in [1.165, 1.54) is 0 Å². The number of nitrogens with one attached hydrogen (secondary N) is 1. The molecule has 2 aromatic rings. The zero-order valence-corrected chi connectivity index (χ0v) is 13.8. The van der Waals surface area contributed by atoms with E-state index in [0.29, 0.717) is 0 Å². The Morgan fingerprint density at radius 2 is 2.10 bits per heavy atom. The van der Waals surface area contributed by atoms with Gasteiger partial charge in [0, 0.05) is 24.0 Å². The SMILES string of the molecule is Cc1nn(C)cc1NC(=O)C(C)SCc1ccc(Cl)cc1. The number of hydrogen-bond acceptors (Lipinski definition) is 3. The van der Waals surface area contributed by atoms with Crippen molar-refractivity contribution in [3.8, 4) is 0 Å². The van der Waals surface area contributed by atoms with Gasteiger partial charge in [-0.15, -0.1) is 11.8 Å². The lowest BCUT2D eigenvalue weighted by Crippen LogP contribution is -2.22. The van der Waals surface area contributed by atoms with Gasteiger partial charge in [0.25, 0.3) is 0 Å². The Morgan fingerprint density at radius 1 is 1.43 bits per heavy atom.